The number of piperazine rings is 1. The van der Waals surface area contributed by atoms with Crippen LogP contribution in [0.5, 0.6) is 0 Å². The third-order valence-electron chi connectivity index (χ3n) is 8.29. The van der Waals surface area contributed by atoms with E-state index in [1.165, 1.54) is 6.07 Å². The summed E-state index contributed by atoms with van der Waals surface area (Å²) in [5.74, 6) is 2.25. The topological polar surface area (TPSA) is 76.6 Å². The van der Waals surface area contributed by atoms with Gasteiger partial charge in [0.15, 0.2) is 11.5 Å². The number of aromatic nitrogens is 6. The molecule has 2 aliphatic heterocycles. The van der Waals surface area contributed by atoms with Crippen molar-refractivity contribution in [3.05, 3.63) is 46.8 Å². The lowest BCUT2D eigenvalue weighted by Crippen LogP contribution is -2.58. The Kier molecular flexibility index (Phi) is 6.97. The molecule has 4 atom stereocenters. The Labute approximate surface area is 232 Å². The first-order valence-electron chi connectivity index (χ1n) is 13.9. The highest BCUT2D eigenvalue weighted by atomic mass is 35.5. The normalized spacial score (nSPS) is 23.5. The first-order chi connectivity index (χ1) is 18.7. The number of benzene rings is 1. The lowest BCUT2D eigenvalue weighted by Gasteiger charge is -2.49. The molecule has 0 N–H and O–H groups in total. The number of imidazole rings is 1. The summed E-state index contributed by atoms with van der Waals surface area (Å²) in [6, 6.07) is 5.22. The number of halogens is 2. The summed E-state index contributed by atoms with van der Waals surface area (Å²) in [5.41, 5.74) is 2.48. The van der Waals surface area contributed by atoms with E-state index in [1.54, 1.807) is 12.4 Å². The van der Waals surface area contributed by atoms with Gasteiger partial charge < -0.3 is 14.2 Å². The number of nitrogens with zero attached hydrogens (tertiary/aromatic N) is 8. The molecule has 0 unspecified atom stereocenters. The summed E-state index contributed by atoms with van der Waals surface area (Å²) in [4.78, 5) is 14.7. The second kappa shape index (κ2) is 10.3. The van der Waals surface area contributed by atoms with Crippen molar-refractivity contribution in [2.24, 2.45) is 5.92 Å². The molecule has 0 saturated carbocycles. The molecule has 2 saturated heterocycles. The lowest BCUT2D eigenvalue weighted by atomic mass is 9.91. The zero-order valence-corrected chi connectivity index (χ0v) is 23.9. The minimum atomic E-state index is -0.253. The average Bonchev–Trinajstić information content (AvgIpc) is 3.63. The minimum Gasteiger partial charge on any atom is -0.376 e. The molecule has 4 aromatic rings. The molecule has 0 amide bonds. The largest absolute Gasteiger partial charge is 0.376 e. The van der Waals surface area contributed by atoms with E-state index in [1.807, 2.05) is 17.4 Å². The van der Waals surface area contributed by atoms with Crippen LogP contribution in [0.3, 0.4) is 0 Å². The maximum absolute atomic E-state index is 15.1. The van der Waals surface area contributed by atoms with E-state index in [4.69, 9.17) is 26.3 Å². The number of hydrogen-bond acceptors (Lipinski definition) is 7. The van der Waals surface area contributed by atoms with Gasteiger partial charge in [-0.25, -0.2) is 13.8 Å². The molecule has 0 radical (unpaired) electrons. The number of ether oxygens (including phenoxy) is 1. The maximum Gasteiger partial charge on any atom is 0.258 e. The lowest BCUT2D eigenvalue weighted by molar-refractivity contribution is 0.0800. The summed E-state index contributed by atoms with van der Waals surface area (Å²) in [6.07, 6.45) is 4.01. The van der Waals surface area contributed by atoms with Crippen molar-refractivity contribution >= 4 is 34.4 Å². The Balaban J connectivity index is 1.37. The third kappa shape index (κ3) is 4.66. The molecule has 6 rings (SSSR count). The molecule has 0 bridgehead atoms. The van der Waals surface area contributed by atoms with Crippen molar-refractivity contribution in [1.29, 1.82) is 0 Å². The van der Waals surface area contributed by atoms with Gasteiger partial charge in [0.1, 0.15) is 23.5 Å². The van der Waals surface area contributed by atoms with Crippen LogP contribution in [-0.4, -0.2) is 71.9 Å². The van der Waals surface area contributed by atoms with Gasteiger partial charge in [-0.15, -0.1) is 10.2 Å². The molecule has 208 valence electrons. The standard InChI is InChI=1S/C28H36ClFN8O/c1-16(2)25(22-9-8-20(29)11-23(22)30)35-12-18(4)36(13-17(35)3)26-24-27(38-15-31-34-28(38)33-26)37(19(5)32-24)14-21-7-6-10-39-21/h8-9,11,15-18,21,25H,6-7,10,12-14H2,1-5H3/t17-,18+,21+,25-/m1/s1. The fraction of sp³-hybridized carbons (Fsp3) is 0.571. The number of fused-ring (bicyclic) bond motifs is 3. The van der Waals surface area contributed by atoms with Crippen LogP contribution < -0.4 is 4.90 Å². The highest BCUT2D eigenvalue weighted by molar-refractivity contribution is 6.30. The smallest absolute Gasteiger partial charge is 0.258 e. The number of aryl methyl sites for hydroxylation is 1. The number of rotatable bonds is 6. The molecule has 2 fully saturated rings. The van der Waals surface area contributed by atoms with Gasteiger partial charge in [-0.3, -0.25) is 4.90 Å². The van der Waals surface area contributed by atoms with E-state index in [-0.39, 0.29) is 36.0 Å². The van der Waals surface area contributed by atoms with Crippen molar-refractivity contribution in [1.82, 2.24) is 34.0 Å². The van der Waals surface area contributed by atoms with Crippen LogP contribution in [-0.2, 0) is 11.3 Å². The van der Waals surface area contributed by atoms with Crippen LogP contribution in [0.2, 0.25) is 5.02 Å². The van der Waals surface area contributed by atoms with Gasteiger partial charge in [-0.1, -0.05) is 31.5 Å². The Morgan fingerprint density at radius 3 is 2.69 bits per heavy atom. The van der Waals surface area contributed by atoms with Crippen LogP contribution in [0.25, 0.3) is 16.9 Å². The zero-order chi connectivity index (χ0) is 27.4. The van der Waals surface area contributed by atoms with Crippen LogP contribution in [0.15, 0.2) is 24.5 Å². The van der Waals surface area contributed by atoms with E-state index < -0.39 is 0 Å². The van der Waals surface area contributed by atoms with Crippen molar-refractivity contribution in [2.45, 2.75) is 78.2 Å². The van der Waals surface area contributed by atoms with E-state index in [2.05, 4.69) is 52.3 Å². The number of anilines is 1. The number of hydrogen-bond donors (Lipinski definition) is 0. The van der Waals surface area contributed by atoms with Crippen molar-refractivity contribution < 1.29 is 9.13 Å². The molecule has 9 nitrogen and oxygen atoms in total. The zero-order valence-electron chi connectivity index (χ0n) is 23.2. The van der Waals surface area contributed by atoms with Gasteiger partial charge in [0.25, 0.3) is 5.78 Å². The summed E-state index contributed by atoms with van der Waals surface area (Å²) >= 11 is 6.07. The Morgan fingerprint density at radius 2 is 1.97 bits per heavy atom. The molecule has 1 aromatic carbocycles. The molecule has 2 aliphatic rings. The van der Waals surface area contributed by atoms with Crippen LogP contribution in [0.1, 0.15) is 58.0 Å². The highest BCUT2D eigenvalue weighted by Gasteiger charge is 2.38. The van der Waals surface area contributed by atoms with E-state index in [0.717, 1.165) is 61.9 Å². The van der Waals surface area contributed by atoms with Crippen LogP contribution >= 0.6 is 11.6 Å². The van der Waals surface area contributed by atoms with Gasteiger partial charge in [0.2, 0.25) is 0 Å². The summed E-state index contributed by atoms with van der Waals surface area (Å²) in [5, 5.41) is 8.89. The minimum absolute atomic E-state index is 0.0679. The molecule has 11 heteroatoms. The SMILES string of the molecule is Cc1nc2c(N3C[C@@H](C)N([C@@H](c4ccc(Cl)cc4F)C(C)C)C[C@@H]3C)nc3nncn3c2n1C[C@@H]1CCCO1. The van der Waals surface area contributed by atoms with E-state index >= 15 is 4.39 Å². The molecule has 0 spiro atoms. The predicted molar refractivity (Wildman–Crippen MR) is 150 cm³/mol. The summed E-state index contributed by atoms with van der Waals surface area (Å²) in [7, 11) is 0. The second-order valence-corrected chi connectivity index (χ2v) is 11.9. The third-order valence-corrected chi connectivity index (χ3v) is 8.53. The second-order valence-electron chi connectivity index (χ2n) is 11.4. The van der Waals surface area contributed by atoms with Gasteiger partial charge >= 0.3 is 0 Å². The molecular weight excluding hydrogens is 519 g/mol. The van der Waals surface area contributed by atoms with Crippen molar-refractivity contribution in [3.63, 3.8) is 0 Å². The molecular formula is C28H36ClFN8O. The summed E-state index contributed by atoms with van der Waals surface area (Å²) in [6.45, 7) is 13.8. The fourth-order valence-corrected chi connectivity index (χ4v) is 6.62. The monoisotopic (exact) mass is 554 g/mol. The quantitative estimate of drug-likeness (QED) is 0.330. The molecule has 0 aliphatic carbocycles. The molecule has 5 heterocycles. The average molecular weight is 555 g/mol. The molecule has 39 heavy (non-hydrogen) atoms. The van der Waals surface area contributed by atoms with Gasteiger partial charge in [-0.2, -0.15) is 4.98 Å². The van der Waals surface area contributed by atoms with Crippen molar-refractivity contribution in [3.8, 4) is 0 Å². The van der Waals surface area contributed by atoms with Gasteiger partial charge in [-0.05, 0) is 51.7 Å². The predicted octanol–water partition coefficient (Wildman–Crippen LogP) is 5.05. The van der Waals surface area contributed by atoms with Crippen LogP contribution in [0.4, 0.5) is 10.2 Å². The maximum atomic E-state index is 15.1. The molecule has 3 aromatic heterocycles. The Hall–Kier alpha value is -2.82. The fourth-order valence-electron chi connectivity index (χ4n) is 6.46. The van der Waals surface area contributed by atoms with Gasteiger partial charge in [0, 0.05) is 48.4 Å². The Bertz CT molecular complexity index is 1500. The van der Waals surface area contributed by atoms with Crippen molar-refractivity contribution in [2.75, 3.05) is 24.6 Å². The summed E-state index contributed by atoms with van der Waals surface area (Å²) < 4.78 is 25.2. The first kappa shape index (κ1) is 26.4. The highest BCUT2D eigenvalue weighted by Crippen LogP contribution is 2.37. The van der Waals surface area contributed by atoms with E-state index in [9.17, 15) is 0 Å². The Morgan fingerprint density at radius 1 is 1.15 bits per heavy atom. The van der Waals surface area contributed by atoms with Gasteiger partial charge in [0.05, 0.1) is 12.6 Å². The first-order valence-corrected chi connectivity index (χ1v) is 14.3. The van der Waals surface area contributed by atoms with E-state index in [0.29, 0.717) is 16.4 Å². The van der Waals surface area contributed by atoms with Crippen LogP contribution in [0, 0.1) is 18.7 Å².